The van der Waals surface area contributed by atoms with Gasteiger partial charge in [0.25, 0.3) is 0 Å². The van der Waals surface area contributed by atoms with Crippen molar-refractivity contribution < 1.29 is 4.79 Å². The number of amides is 1. The predicted molar refractivity (Wildman–Crippen MR) is 70.8 cm³/mol. The smallest absolute Gasteiger partial charge is 0.240 e. The molecule has 4 heteroatoms. The fraction of sp³-hybridized carbons (Fsp3) is 0.923. The number of nitrogens with two attached hydrogens (primary N) is 1. The van der Waals surface area contributed by atoms with E-state index in [0.29, 0.717) is 6.54 Å². The zero-order valence-electron chi connectivity index (χ0n) is 11.9. The van der Waals surface area contributed by atoms with Crippen LogP contribution >= 0.6 is 0 Å². The van der Waals surface area contributed by atoms with E-state index in [1.165, 1.54) is 0 Å². The van der Waals surface area contributed by atoms with Crippen molar-refractivity contribution >= 4 is 5.91 Å². The number of carbonyl (C=O) groups excluding carboxylic acids is 1. The molecule has 0 spiro atoms. The highest BCUT2D eigenvalue weighted by atomic mass is 16.2. The van der Waals surface area contributed by atoms with E-state index < -0.39 is 0 Å². The van der Waals surface area contributed by atoms with Crippen molar-refractivity contribution in [1.29, 1.82) is 0 Å². The number of hydrogen-bond donors (Lipinski definition) is 1. The molecule has 0 aromatic rings. The molecule has 0 aliphatic carbocycles. The highest BCUT2D eigenvalue weighted by molar-refractivity contribution is 5.83. The molecular weight excluding hydrogens is 214 g/mol. The Balaban J connectivity index is 3.02. The van der Waals surface area contributed by atoms with Crippen LogP contribution in [0, 0.1) is 0 Å². The second kappa shape index (κ2) is 5.36. The van der Waals surface area contributed by atoms with Gasteiger partial charge < -0.3 is 10.6 Å². The largest absolute Gasteiger partial charge is 0.334 e. The fourth-order valence-corrected chi connectivity index (χ4v) is 2.83. The highest BCUT2D eigenvalue weighted by Gasteiger charge is 2.40. The first kappa shape index (κ1) is 14.5. The lowest BCUT2D eigenvalue weighted by Gasteiger charge is -2.41. The van der Waals surface area contributed by atoms with Crippen molar-refractivity contribution in [1.82, 2.24) is 9.80 Å². The molecule has 1 unspecified atom stereocenters. The van der Waals surface area contributed by atoms with Crippen LogP contribution in [0.25, 0.3) is 0 Å². The van der Waals surface area contributed by atoms with Crippen LogP contribution in [-0.4, -0.2) is 53.5 Å². The van der Waals surface area contributed by atoms with Crippen molar-refractivity contribution in [2.24, 2.45) is 5.73 Å². The van der Waals surface area contributed by atoms with Crippen LogP contribution in [0.4, 0.5) is 0 Å². The number of nitrogens with zero attached hydrogens (tertiary/aromatic N) is 2. The molecule has 0 bridgehead atoms. The normalized spacial score (nSPS) is 26.4. The van der Waals surface area contributed by atoms with Gasteiger partial charge in [-0.25, -0.2) is 0 Å². The summed E-state index contributed by atoms with van der Waals surface area (Å²) in [6.45, 7) is 10.0. The molecule has 0 aromatic carbocycles. The van der Waals surface area contributed by atoms with Gasteiger partial charge in [0, 0.05) is 18.1 Å². The first-order valence-electron chi connectivity index (χ1n) is 6.54. The van der Waals surface area contributed by atoms with Crippen LogP contribution < -0.4 is 5.73 Å². The molecule has 1 heterocycles. The lowest BCUT2D eigenvalue weighted by atomic mass is 9.96. The molecule has 1 aliphatic rings. The molecular formula is C13H27N3O. The minimum Gasteiger partial charge on any atom is -0.334 e. The maximum Gasteiger partial charge on any atom is 0.240 e. The van der Waals surface area contributed by atoms with Gasteiger partial charge in [-0.1, -0.05) is 0 Å². The Kier molecular flexibility index (Phi) is 4.55. The van der Waals surface area contributed by atoms with Gasteiger partial charge in [-0.05, 0) is 54.1 Å². The van der Waals surface area contributed by atoms with E-state index in [1.807, 2.05) is 11.9 Å². The van der Waals surface area contributed by atoms with E-state index in [2.05, 4.69) is 32.6 Å². The minimum absolute atomic E-state index is 0.0517. The van der Waals surface area contributed by atoms with Gasteiger partial charge >= 0.3 is 0 Å². The number of rotatable bonds is 3. The van der Waals surface area contributed by atoms with Crippen LogP contribution in [0.15, 0.2) is 0 Å². The van der Waals surface area contributed by atoms with E-state index in [1.54, 1.807) is 0 Å². The second-order valence-corrected chi connectivity index (χ2v) is 5.94. The summed E-state index contributed by atoms with van der Waals surface area (Å²) in [4.78, 5) is 16.8. The summed E-state index contributed by atoms with van der Waals surface area (Å²) >= 11 is 0. The quantitative estimate of drug-likeness (QED) is 0.803. The van der Waals surface area contributed by atoms with E-state index in [-0.39, 0.29) is 23.5 Å². The maximum absolute atomic E-state index is 12.6. The fourth-order valence-electron chi connectivity index (χ4n) is 2.83. The van der Waals surface area contributed by atoms with E-state index in [9.17, 15) is 4.79 Å². The molecule has 2 N–H and O–H groups in total. The first-order valence-corrected chi connectivity index (χ1v) is 6.54. The lowest BCUT2D eigenvalue weighted by molar-refractivity contribution is -0.141. The second-order valence-electron chi connectivity index (χ2n) is 5.94. The third-order valence-electron chi connectivity index (χ3n) is 3.74. The molecule has 1 amide bonds. The van der Waals surface area contributed by atoms with Crippen LogP contribution in [0.2, 0.25) is 0 Å². The van der Waals surface area contributed by atoms with Gasteiger partial charge in [0.1, 0.15) is 0 Å². The van der Waals surface area contributed by atoms with Gasteiger partial charge in [0.15, 0.2) is 0 Å². The summed E-state index contributed by atoms with van der Waals surface area (Å²) in [5.74, 6) is 0.232. The van der Waals surface area contributed by atoms with Crippen molar-refractivity contribution in [3.05, 3.63) is 0 Å². The van der Waals surface area contributed by atoms with Gasteiger partial charge in [-0.15, -0.1) is 0 Å². The third kappa shape index (κ3) is 2.99. The van der Waals surface area contributed by atoms with Gasteiger partial charge in [-0.2, -0.15) is 0 Å². The Labute approximate surface area is 105 Å². The number of carbonyl (C=O) groups is 1. The minimum atomic E-state index is -0.0666. The number of hydrogen-bond acceptors (Lipinski definition) is 3. The van der Waals surface area contributed by atoms with Gasteiger partial charge in [-0.3, -0.25) is 9.69 Å². The molecule has 4 nitrogen and oxygen atoms in total. The van der Waals surface area contributed by atoms with Crippen LogP contribution in [0.1, 0.15) is 40.5 Å². The van der Waals surface area contributed by atoms with Crippen molar-refractivity contribution in [3.8, 4) is 0 Å². The molecule has 100 valence electrons. The van der Waals surface area contributed by atoms with E-state index >= 15 is 0 Å². The summed E-state index contributed by atoms with van der Waals surface area (Å²) in [6, 6.07) is 0.188. The average molecular weight is 241 g/mol. The Morgan fingerprint density at radius 3 is 2.53 bits per heavy atom. The van der Waals surface area contributed by atoms with Crippen LogP contribution in [0.5, 0.6) is 0 Å². The van der Waals surface area contributed by atoms with Crippen molar-refractivity contribution in [2.75, 3.05) is 20.1 Å². The molecule has 1 rings (SSSR count). The summed E-state index contributed by atoms with van der Waals surface area (Å²) in [7, 11) is 2.03. The molecule has 1 saturated heterocycles. The molecule has 1 fully saturated rings. The topological polar surface area (TPSA) is 49.6 Å². The Hall–Kier alpha value is -0.610. The summed E-state index contributed by atoms with van der Waals surface area (Å²) < 4.78 is 0. The summed E-state index contributed by atoms with van der Waals surface area (Å²) in [5, 5.41) is 0. The highest BCUT2D eigenvalue weighted by Crippen LogP contribution is 2.28. The van der Waals surface area contributed by atoms with Crippen molar-refractivity contribution in [2.45, 2.75) is 58.2 Å². The van der Waals surface area contributed by atoms with Crippen LogP contribution in [-0.2, 0) is 4.79 Å². The summed E-state index contributed by atoms with van der Waals surface area (Å²) in [5.41, 5.74) is 5.56. The molecule has 1 aliphatic heterocycles. The van der Waals surface area contributed by atoms with Gasteiger partial charge in [0.2, 0.25) is 5.91 Å². The average Bonchev–Trinajstić information content (AvgIpc) is 2.28. The molecule has 1 atom stereocenters. The van der Waals surface area contributed by atoms with E-state index in [4.69, 9.17) is 5.73 Å². The third-order valence-corrected chi connectivity index (χ3v) is 3.74. The zero-order valence-corrected chi connectivity index (χ0v) is 11.9. The molecule has 17 heavy (non-hydrogen) atoms. The molecule has 0 radical (unpaired) electrons. The molecule has 0 aromatic heterocycles. The Bertz CT molecular complexity index is 276. The SMILES string of the molecule is CC(C)N1C(=O)C(CCN)N(C)CCC1(C)C. The van der Waals surface area contributed by atoms with Crippen LogP contribution in [0.3, 0.4) is 0 Å². The zero-order chi connectivity index (χ0) is 13.2. The molecule has 0 saturated carbocycles. The Morgan fingerprint density at radius 2 is 2.06 bits per heavy atom. The maximum atomic E-state index is 12.6. The van der Waals surface area contributed by atoms with Gasteiger partial charge in [0.05, 0.1) is 6.04 Å². The monoisotopic (exact) mass is 241 g/mol. The first-order chi connectivity index (χ1) is 7.81. The summed E-state index contributed by atoms with van der Waals surface area (Å²) in [6.07, 6.45) is 1.75. The standard InChI is InChI=1S/C13H27N3O/c1-10(2)16-12(17)11(6-8-14)15(5)9-7-13(16,3)4/h10-11H,6-9,14H2,1-5H3. The van der Waals surface area contributed by atoms with E-state index in [0.717, 1.165) is 19.4 Å². The van der Waals surface area contributed by atoms with Crippen molar-refractivity contribution in [3.63, 3.8) is 0 Å². The predicted octanol–water partition coefficient (Wildman–Crippen LogP) is 1.05. The number of likely N-dealkylation sites (N-methyl/N-ethyl adjacent to an activating group) is 1. The lowest BCUT2D eigenvalue weighted by Crippen LogP contribution is -2.54. The Morgan fingerprint density at radius 1 is 1.47 bits per heavy atom.